The van der Waals surface area contributed by atoms with E-state index in [1.165, 1.54) is 24.8 Å². The Morgan fingerprint density at radius 1 is 1.13 bits per heavy atom. The average molecular weight is 416 g/mol. The van der Waals surface area contributed by atoms with Gasteiger partial charge in [0.1, 0.15) is 11.4 Å². The fourth-order valence-corrected chi connectivity index (χ4v) is 5.25. The van der Waals surface area contributed by atoms with Gasteiger partial charge in [-0.1, -0.05) is 18.6 Å². The van der Waals surface area contributed by atoms with Crippen molar-refractivity contribution in [2.24, 2.45) is 0 Å². The SMILES string of the molecule is CNC(=O)c1ccc(-c2ccc3c(c2)CCC2(CCN(C4CCC4)CC2)O3)cc1C#N. The van der Waals surface area contributed by atoms with Gasteiger partial charge in [0.05, 0.1) is 17.2 Å². The Hall–Kier alpha value is -2.84. The van der Waals surface area contributed by atoms with E-state index in [0.717, 1.165) is 61.7 Å². The molecular formula is C26H29N3O2. The van der Waals surface area contributed by atoms with Gasteiger partial charge in [-0.15, -0.1) is 0 Å². The Bertz CT molecular complexity index is 1040. The summed E-state index contributed by atoms with van der Waals surface area (Å²) in [6.45, 7) is 2.32. The van der Waals surface area contributed by atoms with Gasteiger partial charge in [-0.3, -0.25) is 4.79 Å². The Balaban J connectivity index is 1.33. The summed E-state index contributed by atoms with van der Waals surface area (Å²) >= 11 is 0. The van der Waals surface area contributed by atoms with Crippen LogP contribution in [0.4, 0.5) is 0 Å². The molecule has 0 unspecified atom stereocenters. The first-order chi connectivity index (χ1) is 15.1. The normalized spacial score (nSPS) is 20.3. The summed E-state index contributed by atoms with van der Waals surface area (Å²) < 4.78 is 6.61. The molecule has 5 rings (SSSR count). The molecule has 2 heterocycles. The molecule has 0 bridgehead atoms. The molecule has 2 fully saturated rings. The number of aryl methyl sites for hydroxylation is 1. The second-order valence-corrected chi connectivity index (χ2v) is 9.18. The number of ether oxygens (including phenoxy) is 1. The fraction of sp³-hybridized carbons (Fsp3) is 0.462. The highest BCUT2D eigenvalue weighted by atomic mass is 16.5. The molecule has 1 aliphatic carbocycles. The van der Waals surface area contributed by atoms with Gasteiger partial charge in [0.15, 0.2) is 0 Å². The number of carbonyl (C=O) groups is 1. The second kappa shape index (κ2) is 8.01. The molecular weight excluding hydrogens is 386 g/mol. The molecule has 2 aromatic carbocycles. The third kappa shape index (κ3) is 3.70. The number of hydrogen-bond donors (Lipinski definition) is 1. The van der Waals surface area contributed by atoms with E-state index in [4.69, 9.17) is 4.74 Å². The van der Waals surface area contributed by atoms with Gasteiger partial charge in [0.2, 0.25) is 0 Å². The van der Waals surface area contributed by atoms with Crippen LogP contribution in [0.3, 0.4) is 0 Å². The minimum atomic E-state index is -0.240. The zero-order valence-electron chi connectivity index (χ0n) is 18.1. The number of piperidine rings is 1. The molecule has 5 nitrogen and oxygen atoms in total. The van der Waals surface area contributed by atoms with E-state index in [2.05, 4.69) is 34.5 Å². The second-order valence-electron chi connectivity index (χ2n) is 9.18. The maximum Gasteiger partial charge on any atom is 0.252 e. The van der Waals surface area contributed by atoms with Crippen LogP contribution in [0, 0.1) is 11.3 Å². The molecule has 3 aliphatic rings. The molecule has 31 heavy (non-hydrogen) atoms. The number of rotatable bonds is 3. The van der Waals surface area contributed by atoms with Crippen molar-refractivity contribution < 1.29 is 9.53 Å². The number of nitrogens with one attached hydrogen (secondary N) is 1. The van der Waals surface area contributed by atoms with E-state index in [-0.39, 0.29) is 11.5 Å². The van der Waals surface area contributed by atoms with E-state index in [9.17, 15) is 10.1 Å². The lowest BCUT2D eigenvalue weighted by Crippen LogP contribution is -2.53. The standard InChI is InChI=1S/C26H29N3O2/c1-28-25(30)23-7-5-18(16-21(23)17-27)19-6-8-24-20(15-19)9-10-26(31-24)11-13-29(14-12-26)22-3-2-4-22/h5-8,15-16,22H,2-4,9-14H2,1H3,(H,28,30). The summed E-state index contributed by atoms with van der Waals surface area (Å²) in [5.41, 5.74) is 4.03. The zero-order valence-corrected chi connectivity index (χ0v) is 18.1. The van der Waals surface area contributed by atoms with Crippen LogP contribution in [-0.2, 0) is 6.42 Å². The highest BCUT2D eigenvalue weighted by Crippen LogP contribution is 2.42. The molecule has 1 saturated carbocycles. The Labute approximate surface area is 184 Å². The van der Waals surface area contributed by atoms with Gasteiger partial charge in [0, 0.05) is 26.2 Å². The van der Waals surface area contributed by atoms with Crippen LogP contribution in [0.5, 0.6) is 5.75 Å². The van der Waals surface area contributed by atoms with E-state index >= 15 is 0 Å². The molecule has 1 N–H and O–H groups in total. The number of carbonyl (C=O) groups excluding carboxylic acids is 1. The molecule has 0 atom stereocenters. The molecule has 1 spiro atoms. The quantitative estimate of drug-likeness (QED) is 0.812. The van der Waals surface area contributed by atoms with Crippen molar-refractivity contribution in [1.29, 1.82) is 5.26 Å². The predicted molar refractivity (Wildman–Crippen MR) is 120 cm³/mol. The third-order valence-electron chi connectivity index (χ3n) is 7.48. The van der Waals surface area contributed by atoms with Crippen molar-refractivity contribution in [3.8, 4) is 22.9 Å². The smallest absolute Gasteiger partial charge is 0.252 e. The Morgan fingerprint density at radius 2 is 1.87 bits per heavy atom. The number of fused-ring (bicyclic) bond motifs is 1. The number of nitriles is 1. The minimum Gasteiger partial charge on any atom is -0.487 e. The van der Waals surface area contributed by atoms with Crippen LogP contribution >= 0.6 is 0 Å². The zero-order chi connectivity index (χ0) is 21.4. The van der Waals surface area contributed by atoms with Crippen LogP contribution in [0.1, 0.15) is 60.0 Å². The summed E-state index contributed by atoms with van der Waals surface area (Å²) in [6.07, 6.45) is 8.47. The molecule has 2 aromatic rings. The Morgan fingerprint density at radius 3 is 2.55 bits per heavy atom. The van der Waals surface area contributed by atoms with Gasteiger partial charge in [-0.25, -0.2) is 0 Å². The van der Waals surface area contributed by atoms with Crippen molar-refractivity contribution in [3.63, 3.8) is 0 Å². The van der Waals surface area contributed by atoms with Crippen LogP contribution in [0.15, 0.2) is 36.4 Å². The molecule has 160 valence electrons. The summed E-state index contributed by atoms with van der Waals surface area (Å²) in [5, 5.41) is 12.1. The fourth-order valence-electron chi connectivity index (χ4n) is 5.25. The molecule has 0 radical (unpaired) electrons. The highest BCUT2D eigenvalue weighted by molar-refractivity contribution is 5.97. The lowest BCUT2D eigenvalue weighted by Gasteiger charge is -2.48. The number of benzene rings is 2. The number of likely N-dealkylation sites (tertiary alicyclic amines) is 1. The minimum absolute atomic E-state index is 0.00208. The Kier molecular flexibility index (Phi) is 5.19. The van der Waals surface area contributed by atoms with Crippen LogP contribution < -0.4 is 10.1 Å². The number of hydrogen-bond acceptors (Lipinski definition) is 4. The molecule has 1 saturated heterocycles. The molecule has 5 heteroatoms. The first-order valence-electron chi connectivity index (χ1n) is 11.4. The van der Waals surface area contributed by atoms with Crippen LogP contribution in [-0.4, -0.2) is 42.6 Å². The monoisotopic (exact) mass is 415 g/mol. The molecule has 0 aromatic heterocycles. The first-order valence-corrected chi connectivity index (χ1v) is 11.4. The average Bonchev–Trinajstić information content (AvgIpc) is 2.78. The van der Waals surface area contributed by atoms with Gasteiger partial charge in [0.25, 0.3) is 5.91 Å². The topological polar surface area (TPSA) is 65.4 Å². The molecule has 1 amide bonds. The summed E-state index contributed by atoms with van der Waals surface area (Å²) in [5.74, 6) is 0.769. The van der Waals surface area contributed by atoms with Gasteiger partial charge in [-0.2, -0.15) is 5.26 Å². The predicted octanol–water partition coefficient (Wildman–Crippen LogP) is 4.30. The van der Waals surface area contributed by atoms with Crippen molar-refractivity contribution in [2.45, 2.75) is 56.6 Å². The van der Waals surface area contributed by atoms with Gasteiger partial charge >= 0.3 is 0 Å². The number of nitrogens with zero attached hydrogens (tertiary/aromatic N) is 2. The van der Waals surface area contributed by atoms with Crippen molar-refractivity contribution >= 4 is 5.91 Å². The first kappa shape index (κ1) is 20.1. The third-order valence-corrected chi connectivity index (χ3v) is 7.48. The van der Waals surface area contributed by atoms with Crippen molar-refractivity contribution in [1.82, 2.24) is 10.2 Å². The van der Waals surface area contributed by atoms with E-state index < -0.39 is 0 Å². The lowest BCUT2D eigenvalue weighted by atomic mass is 9.81. The van der Waals surface area contributed by atoms with Gasteiger partial charge < -0.3 is 15.0 Å². The molecule has 2 aliphatic heterocycles. The van der Waals surface area contributed by atoms with Crippen molar-refractivity contribution in [3.05, 3.63) is 53.1 Å². The lowest BCUT2D eigenvalue weighted by molar-refractivity contribution is -0.0336. The maximum absolute atomic E-state index is 12.0. The largest absolute Gasteiger partial charge is 0.487 e. The van der Waals surface area contributed by atoms with Crippen LogP contribution in [0.25, 0.3) is 11.1 Å². The summed E-state index contributed by atoms with van der Waals surface area (Å²) in [4.78, 5) is 14.6. The van der Waals surface area contributed by atoms with E-state index in [0.29, 0.717) is 11.1 Å². The number of amides is 1. The maximum atomic E-state index is 12.0. The summed E-state index contributed by atoms with van der Waals surface area (Å²) in [7, 11) is 1.57. The van der Waals surface area contributed by atoms with Crippen LogP contribution in [0.2, 0.25) is 0 Å². The van der Waals surface area contributed by atoms with Gasteiger partial charge in [-0.05, 0) is 79.5 Å². The summed E-state index contributed by atoms with van der Waals surface area (Å²) in [6, 6.07) is 14.8. The van der Waals surface area contributed by atoms with E-state index in [1.807, 2.05) is 6.07 Å². The van der Waals surface area contributed by atoms with Crippen molar-refractivity contribution in [2.75, 3.05) is 20.1 Å². The highest BCUT2D eigenvalue weighted by Gasteiger charge is 2.41. The van der Waals surface area contributed by atoms with E-state index in [1.54, 1.807) is 19.2 Å².